The summed E-state index contributed by atoms with van der Waals surface area (Å²) in [5.41, 5.74) is -0.774. The highest BCUT2D eigenvalue weighted by atomic mass is 32.2. The van der Waals surface area contributed by atoms with E-state index in [1.54, 1.807) is 5.43 Å². The number of carbonyl (C=O) groups is 1. The van der Waals surface area contributed by atoms with Gasteiger partial charge in [0, 0.05) is 11.1 Å². The minimum atomic E-state index is -4.69. The maximum Gasteiger partial charge on any atom is 0.416 e. The minimum Gasteiger partial charge on any atom is -0.378 e. The van der Waals surface area contributed by atoms with Crippen molar-refractivity contribution >= 4 is 22.2 Å². The lowest BCUT2D eigenvalue weighted by Gasteiger charge is -2.11. The van der Waals surface area contributed by atoms with Crippen LogP contribution in [0.5, 0.6) is 5.75 Å². The second-order valence-corrected chi connectivity index (χ2v) is 8.66. The fraction of sp³-hybridized carbons (Fsp3) is 0.0909. The van der Waals surface area contributed by atoms with E-state index in [2.05, 4.69) is 5.10 Å². The zero-order valence-corrected chi connectivity index (χ0v) is 18.7. The average molecular weight is 552 g/mol. The number of rotatable bonds is 7. The molecule has 37 heavy (non-hydrogen) atoms. The molecule has 0 aliphatic rings. The molecule has 3 aromatic carbocycles. The van der Waals surface area contributed by atoms with Crippen molar-refractivity contribution in [2.24, 2.45) is 5.10 Å². The molecule has 0 aliphatic carbocycles. The average Bonchev–Trinajstić information content (AvgIpc) is 2.84. The number of hydrogen-bond acceptors (Lipinski definition) is 5. The second-order valence-electron chi connectivity index (χ2n) is 7.12. The van der Waals surface area contributed by atoms with Gasteiger partial charge in [-0.25, -0.2) is 27.4 Å². The lowest BCUT2D eigenvalue weighted by atomic mass is 10.1. The molecule has 3 aromatic rings. The van der Waals surface area contributed by atoms with Gasteiger partial charge in [-0.15, -0.1) is 0 Å². The van der Waals surface area contributed by atoms with E-state index in [-0.39, 0.29) is 11.3 Å². The molecule has 0 fully saturated rings. The van der Waals surface area contributed by atoms with E-state index in [1.165, 1.54) is 18.2 Å². The van der Waals surface area contributed by atoms with E-state index in [4.69, 9.17) is 4.18 Å². The van der Waals surface area contributed by atoms with Gasteiger partial charge in [0.25, 0.3) is 0 Å². The highest BCUT2D eigenvalue weighted by Gasteiger charge is 2.31. The summed E-state index contributed by atoms with van der Waals surface area (Å²) in [7, 11) is -4.60. The summed E-state index contributed by atoms with van der Waals surface area (Å²) in [6.07, 6.45) is -5.12. The van der Waals surface area contributed by atoms with Crippen molar-refractivity contribution in [1.82, 2.24) is 5.43 Å². The normalized spacial score (nSPS) is 12.1. The first-order chi connectivity index (χ1) is 17.2. The number of hydrogen-bond donors (Lipinski definition) is 1. The summed E-state index contributed by atoms with van der Waals surface area (Å²) in [6.45, 7) is 0. The lowest BCUT2D eigenvalue weighted by molar-refractivity contribution is -0.137. The summed E-state index contributed by atoms with van der Waals surface area (Å²) >= 11 is 0. The third kappa shape index (κ3) is 6.22. The van der Waals surface area contributed by atoms with E-state index < -0.39 is 73.7 Å². The van der Waals surface area contributed by atoms with E-state index in [1.807, 2.05) is 0 Å². The molecule has 0 saturated heterocycles. The Kier molecular flexibility index (Phi) is 7.86. The van der Waals surface area contributed by atoms with Crippen LogP contribution in [0.2, 0.25) is 0 Å². The van der Waals surface area contributed by atoms with Gasteiger partial charge in [0.15, 0.2) is 29.0 Å². The van der Waals surface area contributed by atoms with Crippen molar-refractivity contribution in [3.05, 3.63) is 94.3 Å². The van der Waals surface area contributed by atoms with Gasteiger partial charge < -0.3 is 4.18 Å². The van der Waals surface area contributed by atoms with Crippen LogP contribution in [0.3, 0.4) is 0 Å². The van der Waals surface area contributed by atoms with Crippen LogP contribution in [0.1, 0.15) is 16.7 Å². The first-order valence-electron chi connectivity index (χ1n) is 9.75. The molecule has 0 unspecified atom stereocenters. The Morgan fingerprint density at radius 2 is 1.41 bits per heavy atom. The van der Waals surface area contributed by atoms with E-state index >= 15 is 0 Å². The van der Waals surface area contributed by atoms with Gasteiger partial charge in [-0.2, -0.15) is 26.7 Å². The highest BCUT2D eigenvalue weighted by Crippen LogP contribution is 2.30. The fourth-order valence-corrected chi connectivity index (χ4v) is 3.77. The van der Waals surface area contributed by atoms with Crippen LogP contribution in [0.25, 0.3) is 0 Å². The zero-order chi connectivity index (χ0) is 27.5. The van der Waals surface area contributed by atoms with E-state index in [0.717, 1.165) is 12.3 Å². The predicted molar refractivity (Wildman–Crippen MR) is 111 cm³/mol. The maximum atomic E-state index is 13.7. The van der Waals surface area contributed by atoms with Gasteiger partial charge in [-0.05, 0) is 36.4 Å². The number of halogens is 8. The number of alkyl halides is 3. The smallest absolute Gasteiger partial charge is 0.378 e. The van der Waals surface area contributed by atoms with Gasteiger partial charge in [-0.3, -0.25) is 4.79 Å². The molecular weight excluding hydrogens is 540 g/mol. The molecule has 0 aliphatic heterocycles. The van der Waals surface area contributed by atoms with Crippen LogP contribution >= 0.6 is 0 Å². The summed E-state index contributed by atoms with van der Waals surface area (Å²) in [5.74, 6) is -12.9. The molecule has 196 valence electrons. The molecule has 0 atom stereocenters. The van der Waals surface area contributed by atoms with Gasteiger partial charge in [0.1, 0.15) is 4.90 Å². The number of carbonyl (C=O) groups excluding carboxylic acids is 1. The molecule has 1 N–H and O–H groups in total. The van der Waals surface area contributed by atoms with Gasteiger partial charge in [-0.1, -0.05) is 12.1 Å². The largest absolute Gasteiger partial charge is 0.416 e. The Bertz CT molecular complexity index is 1440. The molecule has 0 radical (unpaired) electrons. The number of benzene rings is 3. The monoisotopic (exact) mass is 552 g/mol. The third-order valence-corrected chi connectivity index (χ3v) is 5.87. The van der Waals surface area contributed by atoms with Crippen molar-refractivity contribution in [3.8, 4) is 5.75 Å². The number of nitrogens with zero attached hydrogens (tertiary/aromatic N) is 1. The Morgan fingerprint density at radius 3 is 1.97 bits per heavy atom. The van der Waals surface area contributed by atoms with Crippen LogP contribution in [-0.4, -0.2) is 20.5 Å². The number of para-hydroxylation sites is 1. The highest BCUT2D eigenvalue weighted by molar-refractivity contribution is 7.87. The Morgan fingerprint density at radius 1 is 0.865 bits per heavy atom. The molecule has 0 spiro atoms. The van der Waals surface area contributed by atoms with Gasteiger partial charge >= 0.3 is 16.3 Å². The molecule has 0 saturated carbocycles. The molecular formula is C22H12F8N2O4S. The number of hydrazone groups is 1. The van der Waals surface area contributed by atoms with Crippen LogP contribution < -0.4 is 9.61 Å². The minimum absolute atomic E-state index is 0.0745. The summed E-state index contributed by atoms with van der Waals surface area (Å²) < 4.78 is 135. The quantitative estimate of drug-likeness (QED) is 0.113. The summed E-state index contributed by atoms with van der Waals surface area (Å²) in [6, 6.07) is 7.62. The third-order valence-electron chi connectivity index (χ3n) is 4.62. The topological polar surface area (TPSA) is 84.8 Å². The first-order valence-corrected chi connectivity index (χ1v) is 11.2. The second kappa shape index (κ2) is 10.5. The van der Waals surface area contributed by atoms with Crippen LogP contribution in [0.15, 0.2) is 58.5 Å². The first kappa shape index (κ1) is 27.6. The summed E-state index contributed by atoms with van der Waals surface area (Å²) in [5, 5.41) is 3.43. The fourth-order valence-electron chi connectivity index (χ4n) is 2.82. The number of amides is 1. The standard InChI is InChI=1S/C22H12F8N2O4S/c23-17-14(18(24)20(26)21(27)19(17)25)9-16(33)32-31-10-11-3-1-2-4-15(11)36-37(34,35)13-7-5-12(6-8-13)22(28,29)30/h1-8,10H,9H2,(H,32,33)/b31-10+. The van der Waals surface area contributed by atoms with Crippen molar-refractivity contribution in [1.29, 1.82) is 0 Å². The lowest BCUT2D eigenvalue weighted by Crippen LogP contribution is -2.22. The van der Waals surface area contributed by atoms with E-state index in [0.29, 0.717) is 24.3 Å². The Labute approximate surface area is 203 Å². The Balaban J connectivity index is 1.74. The molecule has 0 heterocycles. The van der Waals surface area contributed by atoms with Crippen molar-refractivity contribution in [2.75, 3.05) is 0 Å². The molecule has 1 amide bonds. The molecule has 0 bridgehead atoms. The van der Waals surface area contributed by atoms with Crippen LogP contribution in [-0.2, 0) is 27.5 Å². The van der Waals surface area contributed by atoms with Gasteiger partial charge in [0.2, 0.25) is 11.7 Å². The predicted octanol–water partition coefficient (Wildman–Crippen LogP) is 4.86. The molecule has 0 aromatic heterocycles. The molecule has 3 rings (SSSR count). The Hall–Kier alpha value is -4.01. The van der Waals surface area contributed by atoms with Crippen molar-refractivity contribution < 1.29 is 52.5 Å². The molecule has 15 heteroatoms. The van der Waals surface area contributed by atoms with Crippen molar-refractivity contribution in [2.45, 2.75) is 17.5 Å². The van der Waals surface area contributed by atoms with Gasteiger partial charge in [0.05, 0.1) is 18.2 Å². The van der Waals surface area contributed by atoms with Crippen LogP contribution in [0.4, 0.5) is 35.1 Å². The number of nitrogens with one attached hydrogen (secondary N) is 1. The molecule has 6 nitrogen and oxygen atoms in total. The summed E-state index contributed by atoms with van der Waals surface area (Å²) in [4.78, 5) is 11.3. The van der Waals surface area contributed by atoms with Crippen LogP contribution in [0, 0.1) is 29.1 Å². The van der Waals surface area contributed by atoms with E-state index in [9.17, 15) is 48.3 Å². The van der Waals surface area contributed by atoms with Crippen molar-refractivity contribution in [3.63, 3.8) is 0 Å². The maximum absolute atomic E-state index is 13.7. The zero-order valence-electron chi connectivity index (χ0n) is 17.9. The SMILES string of the molecule is O=C(Cc1c(F)c(F)c(F)c(F)c1F)N/N=C/c1ccccc1OS(=O)(=O)c1ccc(C(F)(F)F)cc1.